The van der Waals surface area contributed by atoms with Gasteiger partial charge in [0, 0.05) is 5.56 Å². The van der Waals surface area contributed by atoms with Crippen LogP contribution in [-0.4, -0.2) is 18.5 Å². The van der Waals surface area contributed by atoms with Crippen LogP contribution in [0.2, 0.25) is 5.02 Å². The van der Waals surface area contributed by atoms with Gasteiger partial charge in [-0.2, -0.15) is 0 Å². The summed E-state index contributed by atoms with van der Waals surface area (Å²) >= 11 is 5.64. The van der Waals surface area contributed by atoms with Crippen LogP contribution in [0.25, 0.3) is 0 Å². The monoisotopic (exact) mass is 203 g/mol. The third-order valence-electron chi connectivity index (χ3n) is 1.47. The van der Waals surface area contributed by atoms with Gasteiger partial charge in [0.15, 0.2) is 11.6 Å². The number of methoxy groups -OCH3 is 1. The summed E-state index contributed by atoms with van der Waals surface area (Å²) in [5.41, 5.74) is 0.391. The first-order chi connectivity index (χ1) is 6.19. The van der Waals surface area contributed by atoms with E-state index in [-0.39, 0.29) is 10.8 Å². The quantitative estimate of drug-likeness (QED) is 0.455. The number of nitrogens with zero attached hydrogens (tertiary/aromatic N) is 1. The van der Waals surface area contributed by atoms with E-state index in [1.54, 1.807) is 0 Å². The molecule has 0 fully saturated rings. The minimum Gasteiger partial charge on any atom is -0.494 e. The first-order valence-corrected chi connectivity index (χ1v) is 3.77. The Balaban J connectivity index is 3.22. The minimum atomic E-state index is -0.553. The summed E-state index contributed by atoms with van der Waals surface area (Å²) in [5.74, 6) is -0.498. The minimum absolute atomic E-state index is 0.0549. The van der Waals surface area contributed by atoms with Gasteiger partial charge in [-0.1, -0.05) is 16.8 Å². The second-order valence-corrected chi connectivity index (χ2v) is 2.66. The van der Waals surface area contributed by atoms with Gasteiger partial charge in [-0.15, -0.1) is 0 Å². The summed E-state index contributed by atoms with van der Waals surface area (Å²) in [6, 6.07) is 2.44. The molecule has 70 valence electrons. The van der Waals surface area contributed by atoms with Crippen molar-refractivity contribution in [2.45, 2.75) is 0 Å². The van der Waals surface area contributed by atoms with E-state index >= 15 is 0 Å². The molecule has 0 aromatic heterocycles. The largest absolute Gasteiger partial charge is 0.494 e. The molecule has 0 bridgehead atoms. The molecule has 0 saturated carbocycles. The Labute approximate surface area is 79.4 Å². The lowest BCUT2D eigenvalue weighted by Crippen LogP contribution is -1.92. The zero-order chi connectivity index (χ0) is 9.84. The molecule has 0 saturated heterocycles. The van der Waals surface area contributed by atoms with E-state index in [0.29, 0.717) is 5.56 Å². The maximum Gasteiger partial charge on any atom is 0.166 e. The molecule has 5 heteroatoms. The van der Waals surface area contributed by atoms with Crippen LogP contribution in [0.3, 0.4) is 0 Å². The lowest BCUT2D eigenvalue weighted by atomic mass is 10.2. The van der Waals surface area contributed by atoms with Gasteiger partial charge in [-0.05, 0) is 12.1 Å². The van der Waals surface area contributed by atoms with E-state index in [1.807, 2.05) is 0 Å². The molecular weight excluding hydrogens is 197 g/mol. The summed E-state index contributed by atoms with van der Waals surface area (Å²) in [4.78, 5) is 0. The van der Waals surface area contributed by atoms with Crippen molar-refractivity contribution in [2.75, 3.05) is 7.11 Å². The highest BCUT2D eigenvalue weighted by molar-refractivity contribution is 6.33. The Morgan fingerprint density at radius 1 is 1.62 bits per heavy atom. The third kappa shape index (κ3) is 2.09. The summed E-state index contributed by atoms with van der Waals surface area (Å²) in [7, 11) is 1.34. The van der Waals surface area contributed by atoms with Crippen molar-refractivity contribution in [3.05, 3.63) is 28.5 Å². The molecule has 1 N–H and O–H groups in total. The molecular formula is C8H7ClFNO2. The predicted molar refractivity (Wildman–Crippen MR) is 47.3 cm³/mol. The second kappa shape index (κ2) is 4.09. The first-order valence-electron chi connectivity index (χ1n) is 3.39. The van der Waals surface area contributed by atoms with Gasteiger partial charge in [0.1, 0.15) is 0 Å². The molecule has 0 aliphatic heterocycles. The fourth-order valence-electron chi connectivity index (χ4n) is 0.862. The zero-order valence-electron chi connectivity index (χ0n) is 6.79. The number of oxime groups is 1. The molecule has 0 radical (unpaired) electrons. The van der Waals surface area contributed by atoms with Crippen molar-refractivity contribution in [1.82, 2.24) is 0 Å². The van der Waals surface area contributed by atoms with Gasteiger partial charge < -0.3 is 9.94 Å². The molecule has 0 unspecified atom stereocenters. The smallest absolute Gasteiger partial charge is 0.166 e. The molecule has 0 aliphatic carbocycles. The topological polar surface area (TPSA) is 41.8 Å². The normalized spacial score (nSPS) is 10.7. The van der Waals surface area contributed by atoms with Gasteiger partial charge in [0.25, 0.3) is 0 Å². The molecule has 0 heterocycles. The third-order valence-corrected chi connectivity index (χ3v) is 1.80. The van der Waals surface area contributed by atoms with Crippen molar-refractivity contribution >= 4 is 17.8 Å². The standard InChI is InChI=1S/C8H7ClFNO2/c1-13-8-2-5(4-11-12)6(9)3-7(8)10/h2-4,12H,1H3. The highest BCUT2D eigenvalue weighted by atomic mass is 35.5. The molecule has 13 heavy (non-hydrogen) atoms. The second-order valence-electron chi connectivity index (χ2n) is 2.25. The van der Waals surface area contributed by atoms with Gasteiger partial charge in [0.05, 0.1) is 18.3 Å². The molecule has 0 spiro atoms. The summed E-state index contributed by atoms with van der Waals surface area (Å²) in [6.45, 7) is 0. The van der Waals surface area contributed by atoms with E-state index in [0.717, 1.165) is 12.3 Å². The fourth-order valence-corrected chi connectivity index (χ4v) is 1.06. The van der Waals surface area contributed by atoms with E-state index < -0.39 is 5.82 Å². The van der Waals surface area contributed by atoms with Crippen molar-refractivity contribution in [2.24, 2.45) is 5.16 Å². The van der Waals surface area contributed by atoms with Gasteiger partial charge in [0.2, 0.25) is 0 Å². The average Bonchev–Trinajstić information content (AvgIpc) is 2.10. The van der Waals surface area contributed by atoms with Crippen LogP contribution in [-0.2, 0) is 0 Å². The summed E-state index contributed by atoms with van der Waals surface area (Å²) < 4.78 is 17.7. The van der Waals surface area contributed by atoms with Crippen LogP contribution in [0.15, 0.2) is 17.3 Å². The van der Waals surface area contributed by atoms with Crippen molar-refractivity contribution in [3.8, 4) is 5.75 Å². The maximum atomic E-state index is 13.0. The fraction of sp³-hybridized carbons (Fsp3) is 0.125. The summed E-state index contributed by atoms with van der Waals surface area (Å²) in [6.07, 6.45) is 1.10. The molecule has 0 aliphatic rings. The van der Waals surface area contributed by atoms with Gasteiger partial charge >= 0.3 is 0 Å². The number of rotatable bonds is 2. The van der Waals surface area contributed by atoms with Gasteiger partial charge in [-0.3, -0.25) is 0 Å². The van der Waals surface area contributed by atoms with E-state index in [4.69, 9.17) is 21.5 Å². The maximum absolute atomic E-state index is 13.0. The Kier molecular flexibility index (Phi) is 3.08. The number of halogens is 2. The van der Waals surface area contributed by atoms with Crippen molar-refractivity contribution in [3.63, 3.8) is 0 Å². The number of ether oxygens (including phenoxy) is 1. The SMILES string of the molecule is COc1cc(C=NO)c(Cl)cc1F. The summed E-state index contributed by atoms with van der Waals surface area (Å²) in [5, 5.41) is 11.2. The van der Waals surface area contributed by atoms with E-state index in [2.05, 4.69) is 5.16 Å². The average molecular weight is 204 g/mol. The molecule has 0 atom stereocenters. The molecule has 3 nitrogen and oxygen atoms in total. The number of hydrogen-bond donors (Lipinski definition) is 1. The van der Waals surface area contributed by atoms with Crippen LogP contribution >= 0.6 is 11.6 Å². The molecule has 0 amide bonds. The van der Waals surface area contributed by atoms with Crippen LogP contribution < -0.4 is 4.74 Å². The number of hydrogen-bond acceptors (Lipinski definition) is 3. The molecule has 1 aromatic rings. The van der Waals surface area contributed by atoms with Crippen LogP contribution in [0.1, 0.15) is 5.56 Å². The molecule has 1 aromatic carbocycles. The highest BCUT2D eigenvalue weighted by Gasteiger charge is 2.07. The Bertz CT molecular complexity index is 341. The highest BCUT2D eigenvalue weighted by Crippen LogP contribution is 2.24. The van der Waals surface area contributed by atoms with Crippen LogP contribution in [0.5, 0.6) is 5.75 Å². The number of benzene rings is 1. The van der Waals surface area contributed by atoms with E-state index in [1.165, 1.54) is 13.2 Å². The van der Waals surface area contributed by atoms with Crippen LogP contribution in [0, 0.1) is 5.82 Å². The first kappa shape index (κ1) is 9.80. The lowest BCUT2D eigenvalue weighted by molar-refractivity contribution is 0.322. The Morgan fingerprint density at radius 2 is 2.31 bits per heavy atom. The van der Waals surface area contributed by atoms with Crippen molar-refractivity contribution < 1.29 is 14.3 Å². The lowest BCUT2D eigenvalue weighted by Gasteiger charge is -2.03. The van der Waals surface area contributed by atoms with E-state index in [9.17, 15) is 4.39 Å². The zero-order valence-corrected chi connectivity index (χ0v) is 7.55. The Morgan fingerprint density at radius 3 is 2.85 bits per heavy atom. The predicted octanol–water partition coefficient (Wildman–Crippen LogP) is 2.30. The van der Waals surface area contributed by atoms with Gasteiger partial charge in [-0.25, -0.2) is 4.39 Å². The Hall–Kier alpha value is -1.29. The molecule has 1 rings (SSSR count). The van der Waals surface area contributed by atoms with Crippen LogP contribution in [0.4, 0.5) is 4.39 Å². The van der Waals surface area contributed by atoms with Crippen molar-refractivity contribution in [1.29, 1.82) is 0 Å².